The molecule has 0 spiro atoms. The molecule has 180 valence electrons. The lowest BCUT2D eigenvalue weighted by molar-refractivity contribution is -0.137. The van der Waals surface area contributed by atoms with Crippen molar-refractivity contribution in [3.8, 4) is 5.75 Å². The Labute approximate surface area is 197 Å². The molecule has 2 N–H and O–H groups in total. The van der Waals surface area contributed by atoms with Gasteiger partial charge in [0.25, 0.3) is 0 Å². The molecule has 0 atom stereocenters. The number of para-hydroxylation sites is 2. The number of hydrogen-bond donors (Lipinski definition) is 2. The van der Waals surface area contributed by atoms with E-state index in [9.17, 15) is 13.2 Å². The largest absolute Gasteiger partial charge is 0.491 e. The van der Waals surface area contributed by atoms with Gasteiger partial charge in [0.2, 0.25) is 5.95 Å². The van der Waals surface area contributed by atoms with Crippen LogP contribution in [-0.2, 0) is 6.18 Å². The third-order valence-electron chi connectivity index (χ3n) is 5.80. The number of benzene rings is 2. The highest BCUT2D eigenvalue weighted by atomic mass is 19.4. The lowest BCUT2D eigenvalue weighted by atomic mass is 9.98. The van der Waals surface area contributed by atoms with Crippen molar-refractivity contribution in [2.24, 2.45) is 5.92 Å². The normalized spacial score (nSPS) is 14.4. The van der Waals surface area contributed by atoms with E-state index in [2.05, 4.69) is 32.7 Å². The van der Waals surface area contributed by atoms with E-state index in [0.717, 1.165) is 6.20 Å². The van der Waals surface area contributed by atoms with E-state index in [4.69, 9.17) is 4.74 Å². The number of nitrogens with one attached hydrogen (secondary N) is 2. The van der Waals surface area contributed by atoms with Crippen LogP contribution in [0.5, 0.6) is 5.75 Å². The molecule has 0 saturated heterocycles. The molecular weight excluding hydrogens is 441 g/mol. The number of hydrogen-bond acceptors (Lipinski definition) is 5. The maximum absolute atomic E-state index is 13.7. The Morgan fingerprint density at radius 1 is 1.00 bits per heavy atom. The van der Waals surface area contributed by atoms with Crippen molar-refractivity contribution in [2.75, 3.05) is 17.2 Å². The zero-order valence-corrected chi connectivity index (χ0v) is 19.3. The molecule has 1 aliphatic rings. The monoisotopic (exact) mass is 470 g/mol. The second-order valence-electron chi connectivity index (χ2n) is 9.01. The number of aromatic nitrogens is 2. The molecule has 34 heavy (non-hydrogen) atoms. The Morgan fingerprint density at radius 2 is 1.71 bits per heavy atom. The van der Waals surface area contributed by atoms with Gasteiger partial charge in [-0.2, -0.15) is 18.2 Å². The SMILES string of the molecule is CC(C)COc1ccccc1Nc1nc(Nc2ccc(C3CCCC3)cc2)ncc1C(F)(F)F. The second kappa shape index (κ2) is 10.3. The van der Waals surface area contributed by atoms with Crippen LogP contribution in [0.15, 0.2) is 54.7 Å². The maximum atomic E-state index is 13.7. The van der Waals surface area contributed by atoms with E-state index in [-0.39, 0.29) is 17.7 Å². The molecule has 5 nitrogen and oxygen atoms in total. The highest BCUT2D eigenvalue weighted by molar-refractivity contribution is 5.67. The van der Waals surface area contributed by atoms with Crippen molar-refractivity contribution in [1.29, 1.82) is 0 Å². The Kier molecular flexibility index (Phi) is 7.24. The lowest BCUT2D eigenvalue weighted by Crippen LogP contribution is -2.13. The summed E-state index contributed by atoms with van der Waals surface area (Å²) < 4.78 is 46.8. The summed E-state index contributed by atoms with van der Waals surface area (Å²) in [7, 11) is 0. The minimum atomic E-state index is -4.61. The fraction of sp³-hybridized carbons (Fsp3) is 0.385. The second-order valence-corrected chi connectivity index (χ2v) is 9.01. The third-order valence-corrected chi connectivity index (χ3v) is 5.80. The fourth-order valence-corrected chi connectivity index (χ4v) is 4.05. The molecule has 2 aromatic carbocycles. The zero-order chi connectivity index (χ0) is 24.1. The van der Waals surface area contributed by atoms with Crippen LogP contribution < -0.4 is 15.4 Å². The van der Waals surface area contributed by atoms with Crippen LogP contribution >= 0.6 is 0 Å². The Balaban J connectivity index is 1.57. The summed E-state index contributed by atoms with van der Waals surface area (Å²) in [5.74, 6) is 1.05. The number of nitrogens with zero attached hydrogens (tertiary/aromatic N) is 2. The van der Waals surface area contributed by atoms with Gasteiger partial charge in [0.15, 0.2) is 0 Å². The highest BCUT2D eigenvalue weighted by Gasteiger charge is 2.35. The van der Waals surface area contributed by atoms with Gasteiger partial charge in [0.1, 0.15) is 17.1 Å². The number of alkyl halides is 3. The maximum Gasteiger partial charge on any atom is 0.421 e. The van der Waals surface area contributed by atoms with Crippen LogP contribution in [0.25, 0.3) is 0 Å². The molecule has 1 aliphatic carbocycles. The van der Waals surface area contributed by atoms with Crippen LogP contribution in [0.2, 0.25) is 0 Å². The first kappa shape index (κ1) is 23.9. The van der Waals surface area contributed by atoms with E-state index in [0.29, 0.717) is 29.6 Å². The van der Waals surface area contributed by atoms with Crippen molar-refractivity contribution >= 4 is 23.1 Å². The summed E-state index contributed by atoms with van der Waals surface area (Å²) in [5.41, 5.74) is 1.46. The average Bonchev–Trinajstić information content (AvgIpc) is 3.33. The Morgan fingerprint density at radius 3 is 2.38 bits per heavy atom. The fourth-order valence-electron chi connectivity index (χ4n) is 4.05. The summed E-state index contributed by atoms with van der Waals surface area (Å²) >= 11 is 0. The first-order valence-corrected chi connectivity index (χ1v) is 11.6. The van der Waals surface area contributed by atoms with Gasteiger partial charge in [-0.25, -0.2) is 4.98 Å². The van der Waals surface area contributed by atoms with Crippen LogP contribution in [0.3, 0.4) is 0 Å². The minimum absolute atomic E-state index is 0.0738. The summed E-state index contributed by atoms with van der Waals surface area (Å²) in [6.07, 6.45) is 1.09. The molecule has 0 radical (unpaired) electrons. The molecule has 1 aromatic heterocycles. The Hall–Kier alpha value is -3.29. The van der Waals surface area contributed by atoms with Crippen molar-refractivity contribution in [3.63, 3.8) is 0 Å². The van der Waals surface area contributed by atoms with Gasteiger partial charge in [0.05, 0.1) is 12.3 Å². The van der Waals surface area contributed by atoms with Gasteiger partial charge < -0.3 is 15.4 Å². The first-order valence-electron chi connectivity index (χ1n) is 11.6. The molecule has 0 aliphatic heterocycles. The third kappa shape index (κ3) is 5.98. The predicted molar refractivity (Wildman–Crippen MR) is 128 cm³/mol. The number of ether oxygens (including phenoxy) is 1. The molecule has 4 rings (SSSR count). The van der Waals surface area contributed by atoms with E-state index in [1.165, 1.54) is 31.2 Å². The number of halogens is 3. The molecule has 1 heterocycles. The summed E-state index contributed by atoms with van der Waals surface area (Å²) in [6, 6.07) is 14.8. The van der Waals surface area contributed by atoms with Crippen molar-refractivity contribution in [1.82, 2.24) is 9.97 Å². The molecular formula is C26H29F3N4O. The first-order chi connectivity index (χ1) is 16.3. The molecule has 0 bridgehead atoms. The molecule has 8 heteroatoms. The van der Waals surface area contributed by atoms with Crippen molar-refractivity contribution in [3.05, 3.63) is 65.9 Å². The van der Waals surface area contributed by atoms with Gasteiger partial charge in [-0.05, 0) is 54.5 Å². The number of rotatable bonds is 8. The topological polar surface area (TPSA) is 59.1 Å². The highest BCUT2D eigenvalue weighted by Crippen LogP contribution is 2.38. The van der Waals surface area contributed by atoms with E-state index in [1.807, 2.05) is 26.0 Å². The molecule has 3 aromatic rings. The van der Waals surface area contributed by atoms with Gasteiger partial charge >= 0.3 is 6.18 Å². The average molecular weight is 471 g/mol. The van der Waals surface area contributed by atoms with Crippen LogP contribution in [0.1, 0.15) is 56.6 Å². The summed E-state index contributed by atoms with van der Waals surface area (Å²) in [5, 5.41) is 5.83. The van der Waals surface area contributed by atoms with Gasteiger partial charge in [-0.15, -0.1) is 0 Å². The van der Waals surface area contributed by atoms with E-state index < -0.39 is 11.7 Å². The van der Waals surface area contributed by atoms with E-state index in [1.54, 1.807) is 24.3 Å². The smallest absolute Gasteiger partial charge is 0.421 e. The van der Waals surface area contributed by atoms with Crippen LogP contribution in [0.4, 0.5) is 36.3 Å². The minimum Gasteiger partial charge on any atom is -0.491 e. The quantitative estimate of drug-likeness (QED) is 0.354. The van der Waals surface area contributed by atoms with Gasteiger partial charge in [-0.1, -0.05) is 51.0 Å². The number of anilines is 4. The summed E-state index contributed by atoms with van der Waals surface area (Å²) in [4.78, 5) is 8.07. The van der Waals surface area contributed by atoms with Gasteiger partial charge in [-0.3, -0.25) is 0 Å². The molecule has 0 amide bonds. The van der Waals surface area contributed by atoms with Crippen molar-refractivity contribution in [2.45, 2.75) is 51.6 Å². The zero-order valence-electron chi connectivity index (χ0n) is 19.3. The molecule has 1 fully saturated rings. The van der Waals surface area contributed by atoms with Crippen LogP contribution in [-0.4, -0.2) is 16.6 Å². The predicted octanol–water partition coefficient (Wildman–Crippen LogP) is 7.68. The summed E-state index contributed by atoms with van der Waals surface area (Å²) in [6.45, 7) is 4.44. The molecule has 1 saturated carbocycles. The lowest BCUT2D eigenvalue weighted by Gasteiger charge is -2.17. The standard InChI is InChI=1S/C26H29F3N4O/c1-17(2)16-34-23-10-6-5-9-22(23)32-24-21(26(27,28)29)15-30-25(33-24)31-20-13-11-19(12-14-20)18-7-3-4-8-18/h5-6,9-15,17-18H,3-4,7-8,16H2,1-2H3,(H2,30,31,32,33). The Bertz CT molecular complexity index is 1090. The molecule has 0 unspecified atom stereocenters. The van der Waals surface area contributed by atoms with Crippen LogP contribution in [0, 0.1) is 5.92 Å². The van der Waals surface area contributed by atoms with Crippen molar-refractivity contribution < 1.29 is 17.9 Å². The van der Waals surface area contributed by atoms with Gasteiger partial charge in [0, 0.05) is 11.9 Å². The van der Waals surface area contributed by atoms with E-state index >= 15 is 0 Å².